The van der Waals surface area contributed by atoms with Crippen molar-refractivity contribution in [3.8, 4) is 23.6 Å². The molecule has 0 radical (unpaired) electrons. The Labute approximate surface area is 188 Å². The lowest BCUT2D eigenvalue weighted by atomic mass is 9.84. The van der Waals surface area contributed by atoms with Gasteiger partial charge in [0.1, 0.15) is 17.7 Å². The lowest BCUT2D eigenvalue weighted by Gasteiger charge is -2.26. The van der Waals surface area contributed by atoms with Crippen LogP contribution in [0.15, 0.2) is 30.7 Å². The van der Waals surface area contributed by atoms with Crippen LogP contribution in [-0.4, -0.2) is 43.4 Å². The van der Waals surface area contributed by atoms with E-state index in [9.17, 15) is 4.79 Å². The van der Waals surface area contributed by atoms with E-state index >= 15 is 0 Å². The fourth-order valence-electron chi connectivity index (χ4n) is 5.18. The second-order valence-corrected chi connectivity index (χ2v) is 8.75. The van der Waals surface area contributed by atoms with E-state index in [2.05, 4.69) is 31.5 Å². The maximum Gasteiger partial charge on any atom is 0.226 e. The van der Waals surface area contributed by atoms with Gasteiger partial charge in [-0.25, -0.2) is 15.0 Å². The van der Waals surface area contributed by atoms with E-state index in [1.807, 2.05) is 37.2 Å². The van der Waals surface area contributed by atoms with E-state index in [-0.39, 0.29) is 5.92 Å². The highest BCUT2D eigenvalue weighted by atomic mass is 16.2. The number of nitrogens with zero attached hydrogens (tertiary/aromatic N) is 5. The van der Waals surface area contributed by atoms with Gasteiger partial charge in [0.15, 0.2) is 0 Å². The zero-order valence-electron chi connectivity index (χ0n) is 18.6. The molecule has 4 heterocycles. The van der Waals surface area contributed by atoms with Gasteiger partial charge in [-0.05, 0) is 56.7 Å². The van der Waals surface area contributed by atoms with Gasteiger partial charge in [0.05, 0.1) is 5.69 Å². The van der Waals surface area contributed by atoms with Crippen molar-refractivity contribution in [1.82, 2.24) is 24.4 Å². The molecule has 0 aromatic carbocycles. The van der Waals surface area contributed by atoms with Gasteiger partial charge < -0.3 is 9.47 Å². The van der Waals surface area contributed by atoms with Gasteiger partial charge in [0.25, 0.3) is 0 Å². The molecule has 5 rings (SSSR count). The van der Waals surface area contributed by atoms with Gasteiger partial charge >= 0.3 is 0 Å². The molecule has 6 heteroatoms. The molecule has 0 spiro atoms. The molecular weight excluding hydrogens is 398 g/mol. The molecule has 6 nitrogen and oxygen atoms in total. The maximum absolute atomic E-state index is 12.9. The molecule has 1 saturated heterocycles. The molecular formula is C26H27N5O. The quantitative estimate of drug-likeness (QED) is 0.592. The third kappa shape index (κ3) is 3.38. The fourth-order valence-corrected chi connectivity index (χ4v) is 5.18. The van der Waals surface area contributed by atoms with Crippen molar-refractivity contribution in [2.45, 2.75) is 39.0 Å². The Hall–Kier alpha value is -3.46. The first-order valence-corrected chi connectivity index (χ1v) is 11.3. The summed E-state index contributed by atoms with van der Waals surface area (Å²) in [5.74, 6) is 3.03. The van der Waals surface area contributed by atoms with Gasteiger partial charge in [-0.2, -0.15) is 0 Å². The van der Waals surface area contributed by atoms with Gasteiger partial charge in [-0.3, -0.25) is 4.79 Å². The molecule has 3 aromatic heterocycles. The van der Waals surface area contributed by atoms with Crippen molar-refractivity contribution >= 4 is 22.5 Å². The highest BCUT2D eigenvalue weighted by Crippen LogP contribution is 2.42. The number of carbonyl (C=O) groups is 1. The minimum absolute atomic E-state index is 0.0878. The van der Waals surface area contributed by atoms with Crippen LogP contribution in [0.5, 0.6) is 0 Å². The standard InChI is InChI=1S/C26H27N5O/c1-4-20-11-12-21(17(2)29-20)24-23(22-15-27-16-28-25(22)30(24)3)18-7-9-19(10-8-18)26(32)31-13-5-6-14-31/h1,7,11-12,15-16,19H,5-6,8-10,13-14H2,2-3H3/t19-/m1/s1. The Morgan fingerprint density at radius 2 is 2.06 bits per heavy atom. The van der Waals surface area contributed by atoms with Crippen molar-refractivity contribution in [3.63, 3.8) is 0 Å². The molecule has 0 saturated carbocycles. The Bertz CT molecular complexity index is 1270. The van der Waals surface area contributed by atoms with Crippen molar-refractivity contribution in [1.29, 1.82) is 0 Å². The third-order valence-corrected chi connectivity index (χ3v) is 6.84. The predicted octanol–water partition coefficient (Wildman–Crippen LogP) is 4.13. The minimum Gasteiger partial charge on any atom is -0.342 e. The first-order chi connectivity index (χ1) is 15.6. The van der Waals surface area contributed by atoms with Crippen LogP contribution in [-0.2, 0) is 11.8 Å². The zero-order valence-corrected chi connectivity index (χ0v) is 18.6. The molecule has 0 unspecified atom stereocenters. The molecule has 32 heavy (non-hydrogen) atoms. The molecule has 1 fully saturated rings. The largest absolute Gasteiger partial charge is 0.342 e. The van der Waals surface area contributed by atoms with E-state index in [1.54, 1.807) is 6.33 Å². The number of hydrogen-bond donors (Lipinski definition) is 0. The third-order valence-electron chi connectivity index (χ3n) is 6.84. The van der Waals surface area contributed by atoms with Gasteiger partial charge in [0.2, 0.25) is 5.91 Å². The number of pyridine rings is 1. The van der Waals surface area contributed by atoms with Gasteiger partial charge in [-0.1, -0.05) is 12.0 Å². The smallest absolute Gasteiger partial charge is 0.226 e. The number of amides is 1. The summed E-state index contributed by atoms with van der Waals surface area (Å²) in [4.78, 5) is 28.4. The van der Waals surface area contributed by atoms with E-state index < -0.39 is 0 Å². The summed E-state index contributed by atoms with van der Waals surface area (Å²) in [6.07, 6.45) is 16.1. The minimum atomic E-state index is 0.0878. The predicted molar refractivity (Wildman–Crippen MR) is 126 cm³/mol. The van der Waals surface area contributed by atoms with Crippen LogP contribution in [0.3, 0.4) is 0 Å². The summed E-state index contributed by atoms with van der Waals surface area (Å²) >= 11 is 0. The lowest BCUT2D eigenvalue weighted by molar-refractivity contribution is -0.134. The van der Waals surface area contributed by atoms with Crippen molar-refractivity contribution in [2.75, 3.05) is 13.1 Å². The zero-order chi connectivity index (χ0) is 22.2. The SMILES string of the molecule is C#Cc1ccc(-c2c(C3=CC[C@@H](C(=O)N4CCCC4)CC3)c3cncnc3n2C)c(C)n1. The first-order valence-electron chi connectivity index (χ1n) is 11.3. The highest BCUT2D eigenvalue weighted by Gasteiger charge is 2.30. The molecule has 3 aromatic rings. The Kier molecular flexibility index (Phi) is 5.26. The monoisotopic (exact) mass is 425 g/mol. The summed E-state index contributed by atoms with van der Waals surface area (Å²) in [5, 5.41) is 1.03. The summed E-state index contributed by atoms with van der Waals surface area (Å²) in [7, 11) is 2.03. The fraction of sp³-hybridized carbons (Fsp3) is 0.385. The summed E-state index contributed by atoms with van der Waals surface area (Å²) in [6, 6.07) is 3.93. The Morgan fingerprint density at radius 1 is 1.25 bits per heavy atom. The molecule has 0 bridgehead atoms. The van der Waals surface area contributed by atoms with E-state index in [0.29, 0.717) is 11.6 Å². The maximum atomic E-state index is 12.9. The summed E-state index contributed by atoms with van der Waals surface area (Å²) < 4.78 is 2.12. The van der Waals surface area contributed by atoms with Gasteiger partial charge in [-0.15, -0.1) is 6.42 Å². The number of rotatable bonds is 3. The van der Waals surface area contributed by atoms with Crippen molar-refractivity contribution in [2.24, 2.45) is 13.0 Å². The van der Waals surface area contributed by atoms with Crippen LogP contribution in [0.25, 0.3) is 27.9 Å². The molecule has 2 aliphatic rings. The number of aromatic nitrogens is 4. The van der Waals surface area contributed by atoms with Crippen LogP contribution >= 0.6 is 0 Å². The summed E-state index contributed by atoms with van der Waals surface area (Å²) in [5.41, 5.74) is 6.92. The number of likely N-dealkylation sites (tertiary alicyclic amines) is 1. The molecule has 162 valence electrons. The number of hydrogen-bond acceptors (Lipinski definition) is 4. The van der Waals surface area contributed by atoms with Gasteiger partial charge in [0, 0.05) is 54.5 Å². The van der Waals surface area contributed by atoms with E-state index in [4.69, 9.17) is 6.42 Å². The molecule has 0 N–H and O–H groups in total. The normalized spacial score (nSPS) is 18.6. The van der Waals surface area contributed by atoms with Crippen LogP contribution < -0.4 is 0 Å². The van der Waals surface area contributed by atoms with E-state index in [1.165, 1.54) is 5.57 Å². The van der Waals surface area contributed by atoms with E-state index in [0.717, 1.165) is 78.7 Å². The average Bonchev–Trinajstić information content (AvgIpc) is 3.46. The highest BCUT2D eigenvalue weighted by molar-refractivity contribution is 5.99. The Morgan fingerprint density at radius 3 is 2.75 bits per heavy atom. The van der Waals surface area contributed by atoms with Crippen LogP contribution in [0.4, 0.5) is 0 Å². The number of allylic oxidation sites excluding steroid dienone is 2. The second-order valence-electron chi connectivity index (χ2n) is 8.75. The molecule has 1 aliphatic heterocycles. The topological polar surface area (TPSA) is 63.9 Å². The van der Waals surface area contributed by atoms with Crippen LogP contribution in [0.1, 0.15) is 49.1 Å². The molecule has 1 aliphatic carbocycles. The van der Waals surface area contributed by atoms with Crippen molar-refractivity contribution in [3.05, 3.63) is 47.7 Å². The number of terminal acetylenes is 1. The molecule has 1 atom stereocenters. The Balaban J connectivity index is 1.58. The van der Waals surface area contributed by atoms with Crippen molar-refractivity contribution < 1.29 is 4.79 Å². The number of carbonyl (C=O) groups excluding carboxylic acids is 1. The number of aryl methyl sites for hydroxylation is 2. The number of fused-ring (bicyclic) bond motifs is 1. The average molecular weight is 426 g/mol. The lowest BCUT2D eigenvalue weighted by Crippen LogP contribution is -2.34. The second kappa shape index (κ2) is 8.23. The molecule has 1 amide bonds. The van der Waals surface area contributed by atoms with Crippen LogP contribution in [0.2, 0.25) is 0 Å². The first kappa shape index (κ1) is 20.4. The summed E-state index contributed by atoms with van der Waals surface area (Å²) in [6.45, 7) is 3.82. The van der Waals surface area contributed by atoms with Crippen LogP contribution in [0, 0.1) is 25.2 Å².